The molecule has 4 nitrogen and oxygen atoms in total. The van der Waals surface area contributed by atoms with Gasteiger partial charge >= 0.3 is 0 Å². The van der Waals surface area contributed by atoms with E-state index >= 15 is 0 Å². The van der Waals surface area contributed by atoms with Gasteiger partial charge in [-0.25, -0.2) is 9.82 Å². The van der Waals surface area contributed by atoms with Gasteiger partial charge in [0.1, 0.15) is 11.6 Å². The van der Waals surface area contributed by atoms with E-state index in [1.54, 1.807) is 42.5 Å². The minimum Gasteiger partial charge on any atom is -0.494 e. The molecule has 1 amide bonds. The van der Waals surface area contributed by atoms with Crippen LogP contribution in [-0.2, 0) is 0 Å². The van der Waals surface area contributed by atoms with Gasteiger partial charge in [0.15, 0.2) is 0 Å². The van der Waals surface area contributed by atoms with Crippen LogP contribution in [0.5, 0.6) is 5.75 Å². The van der Waals surface area contributed by atoms with Gasteiger partial charge < -0.3 is 4.74 Å². The first kappa shape index (κ1) is 22.6. The van der Waals surface area contributed by atoms with Crippen molar-refractivity contribution in [1.82, 2.24) is 5.43 Å². The highest BCUT2D eigenvalue weighted by molar-refractivity contribution is 5.95. The number of rotatable bonds is 13. The quantitative estimate of drug-likeness (QED) is 0.251. The Morgan fingerprint density at radius 3 is 2.31 bits per heavy atom. The number of unbranched alkanes of at least 4 members (excludes halogenated alkanes) is 7. The van der Waals surface area contributed by atoms with Crippen molar-refractivity contribution in [1.29, 1.82) is 0 Å². The third-order valence-corrected chi connectivity index (χ3v) is 4.66. The molecule has 0 aliphatic rings. The summed E-state index contributed by atoms with van der Waals surface area (Å²) in [6, 6.07) is 13.2. The predicted molar refractivity (Wildman–Crippen MR) is 116 cm³/mol. The molecule has 0 atom stereocenters. The van der Waals surface area contributed by atoms with E-state index in [0.717, 1.165) is 12.2 Å². The lowest BCUT2D eigenvalue weighted by atomic mass is 10.1. The zero-order valence-corrected chi connectivity index (χ0v) is 17.2. The van der Waals surface area contributed by atoms with Crippen molar-refractivity contribution in [3.05, 3.63) is 65.5 Å². The van der Waals surface area contributed by atoms with Crippen molar-refractivity contribution in [2.45, 2.75) is 58.3 Å². The Morgan fingerprint density at radius 2 is 1.62 bits per heavy atom. The zero-order valence-electron chi connectivity index (χ0n) is 17.2. The lowest BCUT2D eigenvalue weighted by Gasteiger charge is -2.07. The molecular formula is C24H31FN2O2. The van der Waals surface area contributed by atoms with Gasteiger partial charge in [-0.15, -0.1) is 0 Å². The lowest BCUT2D eigenvalue weighted by Crippen LogP contribution is -2.17. The van der Waals surface area contributed by atoms with Gasteiger partial charge in [-0.1, -0.05) is 70.1 Å². The molecule has 2 aromatic carbocycles. The summed E-state index contributed by atoms with van der Waals surface area (Å²) in [7, 11) is 0. The van der Waals surface area contributed by atoms with E-state index in [2.05, 4.69) is 17.5 Å². The van der Waals surface area contributed by atoms with Gasteiger partial charge in [-0.05, 0) is 36.8 Å². The fourth-order valence-corrected chi connectivity index (χ4v) is 2.93. The smallest absolute Gasteiger partial charge is 0.271 e. The molecule has 156 valence electrons. The molecule has 0 radical (unpaired) electrons. The molecule has 1 N–H and O–H groups in total. The number of hydrogen-bond acceptors (Lipinski definition) is 3. The summed E-state index contributed by atoms with van der Waals surface area (Å²) in [5.74, 6) is 0.00931. The van der Waals surface area contributed by atoms with Gasteiger partial charge in [-0.2, -0.15) is 5.10 Å². The van der Waals surface area contributed by atoms with Crippen LogP contribution in [0.15, 0.2) is 53.6 Å². The molecule has 29 heavy (non-hydrogen) atoms. The predicted octanol–water partition coefficient (Wildman–Crippen LogP) is 6.11. The number of hydrazone groups is 1. The monoisotopic (exact) mass is 398 g/mol. The second-order valence-electron chi connectivity index (χ2n) is 7.07. The van der Waals surface area contributed by atoms with Gasteiger partial charge in [0.2, 0.25) is 0 Å². The molecule has 0 aromatic heterocycles. The van der Waals surface area contributed by atoms with Gasteiger partial charge in [0.25, 0.3) is 5.91 Å². The molecule has 0 aliphatic carbocycles. The van der Waals surface area contributed by atoms with Crippen molar-refractivity contribution in [3.63, 3.8) is 0 Å². The van der Waals surface area contributed by atoms with Gasteiger partial charge in [-0.3, -0.25) is 4.79 Å². The molecule has 0 saturated heterocycles. The molecule has 5 heteroatoms. The largest absolute Gasteiger partial charge is 0.494 e. The van der Waals surface area contributed by atoms with Crippen molar-refractivity contribution in [3.8, 4) is 5.75 Å². The Labute approximate surface area is 173 Å². The molecule has 0 heterocycles. The molecule has 0 unspecified atom stereocenters. The average Bonchev–Trinajstić information content (AvgIpc) is 2.74. The SMILES string of the molecule is CCCCCCCCCCOc1ccc(C(=O)N/N=C\c2ccccc2F)cc1. The van der Waals surface area contributed by atoms with Crippen LogP contribution in [0.1, 0.15) is 74.2 Å². The van der Waals surface area contributed by atoms with E-state index in [4.69, 9.17) is 4.74 Å². The number of nitrogens with one attached hydrogen (secondary N) is 1. The maximum Gasteiger partial charge on any atom is 0.271 e. The molecule has 0 aliphatic heterocycles. The highest BCUT2D eigenvalue weighted by Crippen LogP contribution is 2.14. The molecule has 0 saturated carbocycles. The summed E-state index contributed by atoms with van der Waals surface area (Å²) < 4.78 is 19.2. The van der Waals surface area contributed by atoms with Crippen LogP contribution in [-0.4, -0.2) is 18.7 Å². The van der Waals surface area contributed by atoms with E-state index in [0.29, 0.717) is 17.7 Å². The standard InChI is InChI=1S/C24H31FN2O2/c1-2-3-4-5-6-7-8-11-18-29-22-16-14-20(15-17-22)24(28)27-26-19-21-12-9-10-13-23(21)25/h9-10,12-17,19H,2-8,11,18H2,1H3,(H,27,28)/b26-19-. The molecule has 2 rings (SSSR count). The third kappa shape index (κ3) is 8.90. The number of carbonyl (C=O) groups excluding carboxylic acids is 1. The minimum absolute atomic E-state index is 0.317. The van der Waals surface area contributed by atoms with E-state index in [1.165, 1.54) is 57.2 Å². The second-order valence-corrected chi connectivity index (χ2v) is 7.07. The Balaban J connectivity index is 1.65. The first-order valence-corrected chi connectivity index (χ1v) is 10.5. The molecule has 2 aromatic rings. The minimum atomic E-state index is -0.386. The summed E-state index contributed by atoms with van der Waals surface area (Å²) in [6.07, 6.45) is 11.4. The molecule has 0 bridgehead atoms. The van der Waals surface area contributed by atoms with Crippen LogP contribution < -0.4 is 10.2 Å². The van der Waals surface area contributed by atoms with E-state index in [-0.39, 0.29) is 11.7 Å². The topological polar surface area (TPSA) is 50.7 Å². The van der Waals surface area contributed by atoms with Crippen LogP contribution in [0.25, 0.3) is 0 Å². The van der Waals surface area contributed by atoms with Crippen LogP contribution in [0.4, 0.5) is 4.39 Å². The van der Waals surface area contributed by atoms with E-state index < -0.39 is 0 Å². The van der Waals surface area contributed by atoms with Crippen LogP contribution >= 0.6 is 0 Å². The zero-order chi connectivity index (χ0) is 20.7. The number of amides is 1. The Hall–Kier alpha value is -2.69. The average molecular weight is 399 g/mol. The van der Waals surface area contributed by atoms with Gasteiger partial charge in [0, 0.05) is 11.1 Å². The number of ether oxygens (including phenoxy) is 1. The van der Waals surface area contributed by atoms with Crippen molar-refractivity contribution < 1.29 is 13.9 Å². The molecule has 0 spiro atoms. The van der Waals surface area contributed by atoms with Crippen LogP contribution in [0, 0.1) is 5.82 Å². The lowest BCUT2D eigenvalue weighted by molar-refractivity contribution is 0.0955. The number of nitrogens with zero attached hydrogens (tertiary/aromatic N) is 1. The van der Waals surface area contributed by atoms with E-state index in [9.17, 15) is 9.18 Å². The van der Waals surface area contributed by atoms with E-state index in [1.807, 2.05) is 0 Å². The normalized spacial score (nSPS) is 11.0. The number of benzene rings is 2. The first-order chi connectivity index (χ1) is 14.2. The number of carbonyl (C=O) groups is 1. The summed E-state index contributed by atoms with van der Waals surface area (Å²) in [5, 5.41) is 3.81. The van der Waals surface area contributed by atoms with Crippen LogP contribution in [0.3, 0.4) is 0 Å². The van der Waals surface area contributed by atoms with Crippen LogP contribution in [0.2, 0.25) is 0 Å². The van der Waals surface area contributed by atoms with Gasteiger partial charge in [0.05, 0.1) is 12.8 Å². The summed E-state index contributed by atoms with van der Waals surface area (Å²) in [4.78, 5) is 12.1. The maximum atomic E-state index is 13.5. The van der Waals surface area contributed by atoms with Crippen molar-refractivity contribution in [2.24, 2.45) is 5.10 Å². The fourth-order valence-electron chi connectivity index (χ4n) is 2.93. The molecule has 0 fully saturated rings. The number of halogens is 1. The highest BCUT2D eigenvalue weighted by Gasteiger charge is 2.05. The maximum absolute atomic E-state index is 13.5. The Bertz CT molecular complexity index is 760. The highest BCUT2D eigenvalue weighted by atomic mass is 19.1. The van der Waals surface area contributed by atoms with Crippen molar-refractivity contribution in [2.75, 3.05) is 6.61 Å². The Kier molecular flexibility index (Phi) is 10.5. The number of hydrogen-bond donors (Lipinski definition) is 1. The molecular weight excluding hydrogens is 367 g/mol. The summed E-state index contributed by atoms with van der Waals surface area (Å²) >= 11 is 0. The Morgan fingerprint density at radius 1 is 0.966 bits per heavy atom. The summed E-state index contributed by atoms with van der Waals surface area (Å²) in [5.41, 5.74) is 3.19. The van der Waals surface area contributed by atoms with Crippen molar-refractivity contribution >= 4 is 12.1 Å². The third-order valence-electron chi connectivity index (χ3n) is 4.66. The first-order valence-electron chi connectivity index (χ1n) is 10.5. The second kappa shape index (κ2) is 13.5. The summed E-state index contributed by atoms with van der Waals surface area (Å²) in [6.45, 7) is 2.92. The fraction of sp³-hybridized carbons (Fsp3) is 0.417.